The van der Waals surface area contributed by atoms with Crippen LogP contribution in [0.4, 0.5) is 4.79 Å². The Hall–Kier alpha value is -1.10. The third-order valence-electron chi connectivity index (χ3n) is 3.76. The van der Waals surface area contributed by atoms with Crippen molar-refractivity contribution >= 4 is 11.9 Å². The standard InChI is InChI=1S/C14H23NO4/c1-13(2,3)19-12(17)15-8-5-4-6-14(15)7-9-18-10-11(14)16/h4-10H2,1-3H3. The number of carbonyl (C=O) groups is 2. The van der Waals surface area contributed by atoms with E-state index in [4.69, 9.17) is 9.47 Å². The molecule has 1 spiro atoms. The van der Waals surface area contributed by atoms with Crippen LogP contribution < -0.4 is 0 Å². The van der Waals surface area contributed by atoms with Gasteiger partial charge in [0.1, 0.15) is 17.7 Å². The maximum atomic E-state index is 12.3. The van der Waals surface area contributed by atoms with Crippen molar-refractivity contribution < 1.29 is 19.1 Å². The maximum absolute atomic E-state index is 12.3. The number of ketones is 1. The average Bonchev–Trinajstić information content (AvgIpc) is 2.31. The van der Waals surface area contributed by atoms with Crippen molar-refractivity contribution in [2.24, 2.45) is 0 Å². The zero-order valence-corrected chi connectivity index (χ0v) is 12.0. The quantitative estimate of drug-likeness (QED) is 0.676. The van der Waals surface area contributed by atoms with Crippen LogP contribution in [0.25, 0.3) is 0 Å². The van der Waals surface area contributed by atoms with E-state index < -0.39 is 11.1 Å². The Bertz CT molecular complexity index is 368. The van der Waals surface area contributed by atoms with Crippen molar-refractivity contribution in [1.82, 2.24) is 4.90 Å². The summed E-state index contributed by atoms with van der Waals surface area (Å²) in [5, 5.41) is 0. The molecule has 0 N–H and O–H groups in total. The third kappa shape index (κ3) is 2.91. The molecule has 2 aliphatic heterocycles. The van der Waals surface area contributed by atoms with Gasteiger partial charge in [-0.1, -0.05) is 0 Å². The normalized spacial score (nSPS) is 28.6. The lowest BCUT2D eigenvalue weighted by molar-refractivity contribution is -0.146. The molecular weight excluding hydrogens is 246 g/mol. The number of hydrogen-bond donors (Lipinski definition) is 0. The van der Waals surface area contributed by atoms with Crippen LogP contribution in [-0.4, -0.2) is 47.7 Å². The van der Waals surface area contributed by atoms with Crippen LogP contribution in [-0.2, 0) is 14.3 Å². The molecule has 1 atom stereocenters. The van der Waals surface area contributed by atoms with Crippen molar-refractivity contribution in [2.45, 2.75) is 57.6 Å². The first-order valence-corrected chi connectivity index (χ1v) is 6.97. The fourth-order valence-corrected chi connectivity index (χ4v) is 2.85. The van der Waals surface area contributed by atoms with Crippen LogP contribution in [0.5, 0.6) is 0 Å². The van der Waals surface area contributed by atoms with Gasteiger partial charge in [-0.2, -0.15) is 0 Å². The van der Waals surface area contributed by atoms with Crippen molar-refractivity contribution in [1.29, 1.82) is 0 Å². The molecule has 5 nitrogen and oxygen atoms in total. The SMILES string of the molecule is CC(C)(C)OC(=O)N1CCCCC12CCOCC2=O. The molecule has 0 aromatic carbocycles. The fraction of sp³-hybridized carbons (Fsp3) is 0.857. The number of piperidine rings is 1. The molecule has 2 heterocycles. The monoisotopic (exact) mass is 269 g/mol. The molecule has 1 amide bonds. The summed E-state index contributed by atoms with van der Waals surface area (Å²) >= 11 is 0. The molecule has 5 heteroatoms. The van der Waals surface area contributed by atoms with Gasteiger partial charge in [0.05, 0.1) is 0 Å². The summed E-state index contributed by atoms with van der Waals surface area (Å²) in [7, 11) is 0. The molecule has 0 radical (unpaired) electrons. The first kappa shape index (κ1) is 14.3. The fourth-order valence-electron chi connectivity index (χ4n) is 2.85. The molecule has 0 aromatic rings. The highest BCUT2D eigenvalue weighted by atomic mass is 16.6. The van der Waals surface area contributed by atoms with E-state index in [-0.39, 0.29) is 18.5 Å². The first-order valence-electron chi connectivity index (χ1n) is 6.97. The molecule has 0 bridgehead atoms. The Morgan fingerprint density at radius 2 is 2.05 bits per heavy atom. The predicted molar refractivity (Wildman–Crippen MR) is 70.0 cm³/mol. The van der Waals surface area contributed by atoms with Crippen molar-refractivity contribution in [3.63, 3.8) is 0 Å². The molecule has 1 unspecified atom stereocenters. The Balaban J connectivity index is 2.20. The second-order valence-electron chi connectivity index (χ2n) is 6.35. The van der Waals surface area contributed by atoms with E-state index in [0.717, 1.165) is 19.3 Å². The van der Waals surface area contributed by atoms with Crippen molar-refractivity contribution in [2.75, 3.05) is 19.8 Å². The molecule has 108 valence electrons. The Kier molecular flexibility index (Phi) is 3.85. The lowest BCUT2D eigenvalue weighted by Gasteiger charge is -2.47. The molecule has 2 aliphatic rings. The summed E-state index contributed by atoms with van der Waals surface area (Å²) in [4.78, 5) is 26.3. The average molecular weight is 269 g/mol. The van der Waals surface area contributed by atoms with Gasteiger partial charge in [-0.05, 0) is 40.0 Å². The molecule has 0 aliphatic carbocycles. The number of carbonyl (C=O) groups excluding carboxylic acids is 2. The lowest BCUT2D eigenvalue weighted by atomic mass is 9.79. The Morgan fingerprint density at radius 1 is 1.32 bits per heavy atom. The minimum absolute atomic E-state index is 0.0179. The molecule has 2 fully saturated rings. The van der Waals surface area contributed by atoms with Crippen LogP contribution in [0.2, 0.25) is 0 Å². The second-order valence-corrected chi connectivity index (χ2v) is 6.35. The van der Waals surface area contributed by atoms with Crippen molar-refractivity contribution in [3.8, 4) is 0 Å². The molecule has 19 heavy (non-hydrogen) atoms. The highest BCUT2D eigenvalue weighted by Crippen LogP contribution is 2.35. The number of rotatable bonds is 0. The molecule has 2 rings (SSSR count). The summed E-state index contributed by atoms with van der Waals surface area (Å²) in [6.07, 6.45) is 2.85. The van der Waals surface area contributed by atoms with E-state index in [0.29, 0.717) is 19.6 Å². The first-order chi connectivity index (χ1) is 8.85. The van der Waals surface area contributed by atoms with Crippen LogP contribution in [0.1, 0.15) is 46.5 Å². The van der Waals surface area contributed by atoms with Crippen LogP contribution >= 0.6 is 0 Å². The number of likely N-dealkylation sites (tertiary alicyclic amines) is 1. The Labute approximate surface area is 114 Å². The Morgan fingerprint density at radius 3 is 2.68 bits per heavy atom. The van der Waals surface area contributed by atoms with E-state index in [1.165, 1.54) is 0 Å². The summed E-state index contributed by atoms with van der Waals surface area (Å²) < 4.78 is 10.7. The van der Waals surface area contributed by atoms with E-state index in [1.807, 2.05) is 20.8 Å². The minimum atomic E-state index is -0.682. The molecule has 0 saturated carbocycles. The molecule has 0 aromatic heterocycles. The highest BCUT2D eigenvalue weighted by Gasteiger charge is 2.49. The van der Waals surface area contributed by atoms with Gasteiger partial charge in [0.15, 0.2) is 5.78 Å². The van der Waals surface area contributed by atoms with E-state index in [9.17, 15) is 9.59 Å². The van der Waals surface area contributed by atoms with Gasteiger partial charge < -0.3 is 9.47 Å². The smallest absolute Gasteiger partial charge is 0.411 e. The number of ether oxygens (including phenoxy) is 2. The zero-order chi connectivity index (χ0) is 14.1. The summed E-state index contributed by atoms with van der Waals surface area (Å²) in [5.74, 6) is 0.0179. The molecular formula is C14H23NO4. The third-order valence-corrected chi connectivity index (χ3v) is 3.76. The summed E-state index contributed by atoms with van der Waals surface area (Å²) in [6, 6.07) is 0. The maximum Gasteiger partial charge on any atom is 0.411 e. The number of amides is 1. The lowest BCUT2D eigenvalue weighted by Crippen LogP contribution is -2.63. The number of Topliss-reactive ketones (excluding diaryl/α,β-unsaturated/α-hetero) is 1. The van der Waals surface area contributed by atoms with Gasteiger partial charge in [0.25, 0.3) is 0 Å². The molecule has 2 saturated heterocycles. The van der Waals surface area contributed by atoms with E-state index >= 15 is 0 Å². The van der Waals surface area contributed by atoms with Gasteiger partial charge in [-0.25, -0.2) is 4.79 Å². The van der Waals surface area contributed by atoms with Crippen LogP contribution in [0.15, 0.2) is 0 Å². The van der Waals surface area contributed by atoms with Gasteiger partial charge in [0, 0.05) is 19.6 Å². The van der Waals surface area contributed by atoms with Crippen LogP contribution in [0, 0.1) is 0 Å². The number of nitrogens with zero attached hydrogens (tertiary/aromatic N) is 1. The summed E-state index contributed by atoms with van der Waals surface area (Å²) in [5.41, 5.74) is -1.22. The second kappa shape index (κ2) is 5.12. The van der Waals surface area contributed by atoms with E-state index in [2.05, 4.69) is 0 Å². The largest absolute Gasteiger partial charge is 0.444 e. The zero-order valence-electron chi connectivity index (χ0n) is 12.0. The predicted octanol–water partition coefficient (Wildman–Crippen LogP) is 2.14. The summed E-state index contributed by atoms with van der Waals surface area (Å²) in [6.45, 7) is 6.76. The van der Waals surface area contributed by atoms with Gasteiger partial charge in [-0.15, -0.1) is 0 Å². The van der Waals surface area contributed by atoms with Crippen LogP contribution in [0.3, 0.4) is 0 Å². The van der Waals surface area contributed by atoms with Gasteiger partial charge >= 0.3 is 6.09 Å². The topological polar surface area (TPSA) is 55.8 Å². The minimum Gasteiger partial charge on any atom is -0.444 e. The van der Waals surface area contributed by atoms with Crippen molar-refractivity contribution in [3.05, 3.63) is 0 Å². The number of hydrogen-bond acceptors (Lipinski definition) is 4. The van der Waals surface area contributed by atoms with E-state index in [1.54, 1.807) is 4.90 Å². The van der Waals surface area contributed by atoms with Gasteiger partial charge in [-0.3, -0.25) is 9.69 Å². The highest BCUT2D eigenvalue weighted by molar-refractivity contribution is 5.93. The van der Waals surface area contributed by atoms with Gasteiger partial charge in [0.2, 0.25) is 0 Å².